The van der Waals surface area contributed by atoms with Gasteiger partial charge in [-0.25, -0.2) is 0 Å². The molecule has 0 radical (unpaired) electrons. The molecule has 0 N–H and O–H groups in total. The number of benzene rings is 1. The number of aryl methyl sites for hydroxylation is 2. The van der Waals surface area contributed by atoms with Gasteiger partial charge in [-0.3, -0.25) is 0 Å². The van der Waals surface area contributed by atoms with Crippen LogP contribution in [-0.2, 0) is 19.4 Å². The quantitative estimate of drug-likeness (QED) is 0.729. The Morgan fingerprint density at radius 3 is 2.47 bits per heavy atom. The lowest BCUT2D eigenvalue weighted by molar-refractivity contribution is 0.804. The van der Waals surface area contributed by atoms with E-state index in [0.717, 1.165) is 6.54 Å². The third kappa shape index (κ3) is 2.79. The molecular weight excluding hydrogens is 206 g/mol. The zero-order valence-electron chi connectivity index (χ0n) is 10.8. The lowest BCUT2D eigenvalue weighted by Gasteiger charge is -2.06. The molecule has 2 aromatic rings. The van der Waals surface area contributed by atoms with E-state index in [2.05, 4.69) is 47.3 Å². The molecule has 1 aromatic heterocycles. The molecule has 1 nitrogen and oxygen atoms in total. The summed E-state index contributed by atoms with van der Waals surface area (Å²) in [5.74, 6) is 0. The molecule has 0 aliphatic heterocycles. The second kappa shape index (κ2) is 5.72. The van der Waals surface area contributed by atoms with Gasteiger partial charge in [0.15, 0.2) is 0 Å². The molecule has 0 saturated carbocycles. The van der Waals surface area contributed by atoms with E-state index in [1.165, 1.54) is 24.8 Å². The Labute approximate surface area is 104 Å². The number of nitrogens with zero attached hydrogens (tertiary/aromatic N) is 1. The number of fused-ring (bicyclic) bond motifs is 1. The highest BCUT2D eigenvalue weighted by Gasteiger charge is 2.10. The molecule has 0 bridgehead atoms. The second-order valence-corrected chi connectivity index (χ2v) is 4.31. The molecule has 17 heavy (non-hydrogen) atoms. The number of hydrogen-bond acceptors (Lipinski definition) is 0. The average molecular weight is 227 g/mol. The van der Waals surface area contributed by atoms with Crippen molar-refractivity contribution in [2.75, 3.05) is 0 Å². The first kappa shape index (κ1) is 12.0. The van der Waals surface area contributed by atoms with Gasteiger partial charge in [0.1, 0.15) is 0 Å². The lowest BCUT2D eigenvalue weighted by Crippen LogP contribution is -1.97. The Kier molecular flexibility index (Phi) is 4.03. The maximum Gasteiger partial charge on any atom is 0.0470 e. The Hall–Kier alpha value is -1.50. The fourth-order valence-electron chi connectivity index (χ4n) is 2.41. The van der Waals surface area contributed by atoms with Crippen LogP contribution in [0.1, 0.15) is 37.0 Å². The molecule has 1 heterocycles. The van der Waals surface area contributed by atoms with Gasteiger partial charge >= 0.3 is 0 Å². The summed E-state index contributed by atoms with van der Waals surface area (Å²) in [5, 5.41) is 0. The van der Waals surface area contributed by atoms with E-state index in [0.29, 0.717) is 0 Å². The second-order valence-electron chi connectivity index (χ2n) is 4.31. The zero-order valence-corrected chi connectivity index (χ0v) is 10.8. The summed E-state index contributed by atoms with van der Waals surface area (Å²) in [5.41, 5.74) is 4.55. The van der Waals surface area contributed by atoms with Crippen molar-refractivity contribution in [2.45, 2.75) is 39.7 Å². The Bertz CT molecular complexity index is 454. The maximum absolute atomic E-state index is 2.38. The largest absolute Gasteiger partial charge is 0.350 e. The summed E-state index contributed by atoms with van der Waals surface area (Å²) in [6.07, 6.45) is 8.12. The predicted octanol–water partition coefficient (Wildman–Crippen LogP) is 4.05. The van der Waals surface area contributed by atoms with Crippen LogP contribution in [0.3, 0.4) is 0 Å². The van der Waals surface area contributed by atoms with Crippen molar-refractivity contribution in [3.63, 3.8) is 0 Å². The molecule has 0 spiro atoms. The number of hydrogen-bond donors (Lipinski definition) is 0. The third-order valence-electron chi connectivity index (χ3n) is 3.19. The molecule has 3 rings (SSSR count). The van der Waals surface area contributed by atoms with Gasteiger partial charge in [0, 0.05) is 18.9 Å². The molecule has 0 amide bonds. The summed E-state index contributed by atoms with van der Waals surface area (Å²) in [6.45, 7) is 5.00. The Morgan fingerprint density at radius 2 is 1.71 bits per heavy atom. The summed E-state index contributed by atoms with van der Waals surface area (Å²) >= 11 is 0. The number of rotatable bonds is 2. The SMILES string of the molecule is CC.c1ccn(Cc2ccc3c(c2)CCC3)c1. The van der Waals surface area contributed by atoms with Crippen molar-refractivity contribution < 1.29 is 0 Å². The highest BCUT2D eigenvalue weighted by atomic mass is 14.9. The van der Waals surface area contributed by atoms with Gasteiger partial charge < -0.3 is 4.57 Å². The van der Waals surface area contributed by atoms with Gasteiger partial charge in [0.2, 0.25) is 0 Å². The van der Waals surface area contributed by atoms with E-state index in [1.54, 1.807) is 11.1 Å². The Balaban J connectivity index is 0.000000514. The van der Waals surface area contributed by atoms with E-state index in [4.69, 9.17) is 0 Å². The minimum Gasteiger partial charge on any atom is -0.350 e. The van der Waals surface area contributed by atoms with Crippen LogP contribution in [0.4, 0.5) is 0 Å². The molecule has 0 fully saturated rings. The fraction of sp³-hybridized carbons (Fsp3) is 0.375. The zero-order chi connectivity index (χ0) is 12.1. The van der Waals surface area contributed by atoms with Crippen LogP contribution < -0.4 is 0 Å². The molecular formula is C16H21N. The minimum absolute atomic E-state index is 1.00. The molecule has 90 valence electrons. The predicted molar refractivity (Wildman–Crippen MR) is 73.3 cm³/mol. The standard InChI is InChI=1S/C14H15N.C2H6/c1-2-9-15(8-1)11-12-6-7-13-4-3-5-14(13)10-12;1-2/h1-2,6-10H,3-5,11H2;1-2H3. The van der Waals surface area contributed by atoms with Crippen molar-refractivity contribution in [1.82, 2.24) is 4.57 Å². The van der Waals surface area contributed by atoms with E-state index in [1.807, 2.05) is 13.8 Å². The highest BCUT2D eigenvalue weighted by molar-refractivity contribution is 5.35. The van der Waals surface area contributed by atoms with Crippen LogP contribution in [0.5, 0.6) is 0 Å². The van der Waals surface area contributed by atoms with Crippen molar-refractivity contribution in [2.24, 2.45) is 0 Å². The Morgan fingerprint density at radius 1 is 1.00 bits per heavy atom. The average Bonchev–Trinajstić information content (AvgIpc) is 3.02. The first-order chi connectivity index (χ1) is 8.42. The fourth-order valence-corrected chi connectivity index (χ4v) is 2.41. The molecule has 1 aliphatic carbocycles. The first-order valence-electron chi connectivity index (χ1n) is 6.63. The smallest absolute Gasteiger partial charge is 0.0470 e. The summed E-state index contributed by atoms with van der Waals surface area (Å²) in [7, 11) is 0. The maximum atomic E-state index is 2.38. The molecule has 0 saturated heterocycles. The van der Waals surface area contributed by atoms with Crippen molar-refractivity contribution in [1.29, 1.82) is 0 Å². The van der Waals surface area contributed by atoms with Crippen molar-refractivity contribution >= 4 is 0 Å². The van der Waals surface area contributed by atoms with Crippen LogP contribution in [0.15, 0.2) is 42.7 Å². The lowest BCUT2D eigenvalue weighted by atomic mass is 10.1. The van der Waals surface area contributed by atoms with Crippen LogP contribution in [0.25, 0.3) is 0 Å². The topological polar surface area (TPSA) is 4.93 Å². The summed E-state index contributed by atoms with van der Waals surface area (Å²) in [4.78, 5) is 0. The minimum atomic E-state index is 1.00. The van der Waals surface area contributed by atoms with Gasteiger partial charge in [-0.2, -0.15) is 0 Å². The van der Waals surface area contributed by atoms with Crippen molar-refractivity contribution in [3.05, 3.63) is 59.4 Å². The van der Waals surface area contributed by atoms with E-state index in [-0.39, 0.29) is 0 Å². The van der Waals surface area contributed by atoms with Gasteiger partial charge in [-0.05, 0) is 48.1 Å². The van der Waals surface area contributed by atoms with E-state index in [9.17, 15) is 0 Å². The van der Waals surface area contributed by atoms with E-state index >= 15 is 0 Å². The number of aromatic nitrogens is 1. The van der Waals surface area contributed by atoms with E-state index < -0.39 is 0 Å². The highest BCUT2D eigenvalue weighted by Crippen LogP contribution is 2.23. The normalized spacial score (nSPS) is 12.8. The van der Waals surface area contributed by atoms with Gasteiger partial charge in [0.05, 0.1) is 0 Å². The summed E-state index contributed by atoms with van der Waals surface area (Å²) < 4.78 is 2.22. The van der Waals surface area contributed by atoms with Gasteiger partial charge in [-0.15, -0.1) is 0 Å². The monoisotopic (exact) mass is 227 g/mol. The van der Waals surface area contributed by atoms with Crippen LogP contribution in [-0.4, -0.2) is 4.57 Å². The molecule has 1 heteroatoms. The van der Waals surface area contributed by atoms with Crippen LogP contribution in [0.2, 0.25) is 0 Å². The third-order valence-corrected chi connectivity index (χ3v) is 3.19. The molecule has 1 aromatic carbocycles. The van der Waals surface area contributed by atoms with Crippen LogP contribution >= 0.6 is 0 Å². The van der Waals surface area contributed by atoms with Gasteiger partial charge in [0.25, 0.3) is 0 Å². The summed E-state index contributed by atoms with van der Waals surface area (Å²) in [6, 6.07) is 11.1. The molecule has 0 atom stereocenters. The van der Waals surface area contributed by atoms with Gasteiger partial charge in [-0.1, -0.05) is 32.0 Å². The van der Waals surface area contributed by atoms with Crippen molar-refractivity contribution in [3.8, 4) is 0 Å². The first-order valence-corrected chi connectivity index (χ1v) is 6.63. The molecule has 0 unspecified atom stereocenters. The molecule has 1 aliphatic rings. The van der Waals surface area contributed by atoms with Crippen LogP contribution in [0, 0.1) is 0 Å².